The molecule has 1 nitrogen and oxygen atoms in total. The highest BCUT2D eigenvalue weighted by atomic mass is 16.1. The van der Waals surface area contributed by atoms with Crippen LogP contribution in [0, 0.1) is 6.92 Å². The molecule has 0 atom stereocenters. The van der Waals surface area contributed by atoms with Crippen LogP contribution in [0.4, 0.5) is 0 Å². The van der Waals surface area contributed by atoms with Gasteiger partial charge in [-0.15, -0.1) is 0 Å². The molecule has 0 radical (unpaired) electrons. The molecule has 0 aliphatic heterocycles. The highest BCUT2D eigenvalue weighted by molar-refractivity contribution is 5.32. The standard InChI is InChI=1S/C11H14.CH2O/c1-9-6-7-10-4-2-3-5-11(10)8-9;1-2/h6-8H,2-5H2,1H3;1H2. The third kappa shape index (κ3) is 2.41. The van der Waals surface area contributed by atoms with Gasteiger partial charge < -0.3 is 4.79 Å². The van der Waals surface area contributed by atoms with Gasteiger partial charge in [-0.25, -0.2) is 0 Å². The maximum atomic E-state index is 8.00. The number of rotatable bonds is 0. The monoisotopic (exact) mass is 176 g/mol. The van der Waals surface area contributed by atoms with Gasteiger partial charge in [0.15, 0.2) is 0 Å². The molecule has 1 aliphatic carbocycles. The molecule has 0 aromatic heterocycles. The first kappa shape index (κ1) is 9.97. The zero-order valence-corrected chi connectivity index (χ0v) is 8.18. The second-order valence-corrected chi connectivity index (χ2v) is 3.48. The first-order valence-electron chi connectivity index (χ1n) is 4.73. The van der Waals surface area contributed by atoms with Crippen LogP contribution in [-0.2, 0) is 17.6 Å². The van der Waals surface area contributed by atoms with Gasteiger partial charge in [0, 0.05) is 0 Å². The Balaban J connectivity index is 0.000000396. The Morgan fingerprint density at radius 1 is 1.08 bits per heavy atom. The van der Waals surface area contributed by atoms with E-state index in [2.05, 4.69) is 25.1 Å². The SMILES string of the molecule is C=O.Cc1ccc2c(c1)CCCC2. The molecule has 2 rings (SSSR count). The molecule has 0 fully saturated rings. The van der Waals surface area contributed by atoms with Crippen molar-refractivity contribution >= 4 is 6.79 Å². The zero-order valence-electron chi connectivity index (χ0n) is 8.18. The fourth-order valence-electron chi connectivity index (χ4n) is 1.86. The van der Waals surface area contributed by atoms with Crippen molar-refractivity contribution in [2.24, 2.45) is 0 Å². The van der Waals surface area contributed by atoms with Crippen LogP contribution in [0.3, 0.4) is 0 Å². The number of carbonyl (C=O) groups excluding carboxylic acids is 1. The van der Waals surface area contributed by atoms with Gasteiger partial charge in [0.25, 0.3) is 0 Å². The van der Waals surface area contributed by atoms with Crippen LogP contribution in [0.1, 0.15) is 29.5 Å². The second kappa shape index (κ2) is 4.80. The van der Waals surface area contributed by atoms with Crippen molar-refractivity contribution in [1.29, 1.82) is 0 Å². The summed E-state index contributed by atoms with van der Waals surface area (Å²) in [6.07, 6.45) is 5.37. The van der Waals surface area contributed by atoms with E-state index in [0.717, 1.165) is 0 Å². The average Bonchev–Trinajstić information content (AvgIpc) is 2.21. The molecule has 0 amide bonds. The fourth-order valence-corrected chi connectivity index (χ4v) is 1.86. The Labute approximate surface area is 79.8 Å². The molecule has 1 heteroatoms. The molecule has 0 N–H and O–H groups in total. The summed E-state index contributed by atoms with van der Waals surface area (Å²) in [5.41, 5.74) is 4.59. The van der Waals surface area contributed by atoms with Crippen LogP contribution in [0.5, 0.6) is 0 Å². The molecule has 1 aliphatic rings. The number of benzene rings is 1. The van der Waals surface area contributed by atoms with Crippen molar-refractivity contribution in [3.8, 4) is 0 Å². The highest BCUT2D eigenvalue weighted by Crippen LogP contribution is 2.21. The Morgan fingerprint density at radius 2 is 1.69 bits per heavy atom. The van der Waals surface area contributed by atoms with Crippen LogP contribution >= 0.6 is 0 Å². The average molecular weight is 176 g/mol. The highest BCUT2D eigenvalue weighted by Gasteiger charge is 2.07. The number of carbonyl (C=O) groups is 1. The first-order valence-corrected chi connectivity index (χ1v) is 4.73. The van der Waals surface area contributed by atoms with Gasteiger partial charge in [-0.05, 0) is 43.7 Å². The molecule has 0 bridgehead atoms. The van der Waals surface area contributed by atoms with Crippen molar-refractivity contribution in [2.45, 2.75) is 32.6 Å². The van der Waals surface area contributed by atoms with Gasteiger partial charge in [-0.1, -0.05) is 23.8 Å². The van der Waals surface area contributed by atoms with Gasteiger partial charge in [-0.2, -0.15) is 0 Å². The lowest BCUT2D eigenvalue weighted by molar-refractivity contribution is -0.0979. The number of hydrogen-bond acceptors (Lipinski definition) is 1. The summed E-state index contributed by atoms with van der Waals surface area (Å²) < 4.78 is 0. The molecule has 1 aromatic rings. The Bertz CT molecular complexity index is 278. The van der Waals surface area contributed by atoms with Crippen molar-refractivity contribution < 1.29 is 4.79 Å². The van der Waals surface area contributed by atoms with Crippen LogP contribution in [0.2, 0.25) is 0 Å². The van der Waals surface area contributed by atoms with E-state index < -0.39 is 0 Å². The van der Waals surface area contributed by atoms with Gasteiger partial charge in [0.2, 0.25) is 0 Å². The summed E-state index contributed by atoms with van der Waals surface area (Å²) in [6, 6.07) is 6.86. The summed E-state index contributed by atoms with van der Waals surface area (Å²) >= 11 is 0. The van der Waals surface area contributed by atoms with Gasteiger partial charge in [0.05, 0.1) is 0 Å². The van der Waals surface area contributed by atoms with Gasteiger partial charge >= 0.3 is 0 Å². The quantitative estimate of drug-likeness (QED) is 0.594. The molecule has 13 heavy (non-hydrogen) atoms. The third-order valence-corrected chi connectivity index (χ3v) is 2.50. The topological polar surface area (TPSA) is 17.1 Å². The van der Waals surface area contributed by atoms with Gasteiger partial charge in [0.1, 0.15) is 6.79 Å². The van der Waals surface area contributed by atoms with E-state index in [4.69, 9.17) is 4.79 Å². The van der Waals surface area contributed by atoms with Crippen molar-refractivity contribution in [2.75, 3.05) is 0 Å². The molecular weight excluding hydrogens is 160 g/mol. The molecule has 0 heterocycles. The second-order valence-electron chi connectivity index (χ2n) is 3.48. The minimum Gasteiger partial charge on any atom is -0.307 e. The van der Waals surface area contributed by atoms with Crippen LogP contribution in [0.15, 0.2) is 18.2 Å². The largest absolute Gasteiger partial charge is 0.307 e. The molecular formula is C12H16O. The summed E-state index contributed by atoms with van der Waals surface area (Å²) in [6.45, 7) is 4.18. The van der Waals surface area contributed by atoms with E-state index in [-0.39, 0.29) is 0 Å². The minimum absolute atomic E-state index is 1.30. The minimum atomic E-state index is 1.30. The zero-order chi connectivity index (χ0) is 9.68. The predicted molar refractivity (Wildman–Crippen MR) is 54.9 cm³/mol. The van der Waals surface area contributed by atoms with Crippen molar-refractivity contribution in [3.05, 3.63) is 34.9 Å². The summed E-state index contributed by atoms with van der Waals surface area (Å²) in [7, 11) is 0. The maximum Gasteiger partial charge on any atom is 0.106 e. The number of fused-ring (bicyclic) bond motifs is 1. The molecule has 70 valence electrons. The van der Waals surface area contributed by atoms with E-state index in [9.17, 15) is 0 Å². The molecule has 0 saturated carbocycles. The van der Waals surface area contributed by atoms with E-state index >= 15 is 0 Å². The third-order valence-electron chi connectivity index (χ3n) is 2.50. The first-order chi connectivity index (χ1) is 6.36. The lowest BCUT2D eigenvalue weighted by Gasteiger charge is -2.15. The Hall–Kier alpha value is -1.11. The number of aryl methyl sites for hydroxylation is 3. The Kier molecular flexibility index (Phi) is 3.69. The molecule has 0 spiro atoms. The Morgan fingerprint density at radius 3 is 2.38 bits per heavy atom. The summed E-state index contributed by atoms with van der Waals surface area (Å²) in [5.74, 6) is 0. The van der Waals surface area contributed by atoms with Gasteiger partial charge in [-0.3, -0.25) is 0 Å². The van der Waals surface area contributed by atoms with E-state index in [1.54, 1.807) is 11.1 Å². The lowest BCUT2D eigenvalue weighted by atomic mass is 9.91. The smallest absolute Gasteiger partial charge is 0.106 e. The summed E-state index contributed by atoms with van der Waals surface area (Å²) in [5, 5.41) is 0. The predicted octanol–water partition coefficient (Wildman–Crippen LogP) is 2.69. The molecule has 0 saturated heterocycles. The lowest BCUT2D eigenvalue weighted by Crippen LogP contribution is -2.01. The van der Waals surface area contributed by atoms with Crippen molar-refractivity contribution in [1.82, 2.24) is 0 Å². The van der Waals surface area contributed by atoms with Crippen LogP contribution in [-0.4, -0.2) is 6.79 Å². The maximum absolute atomic E-state index is 8.00. The van der Waals surface area contributed by atoms with Crippen LogP contribution in [0.25, 0.3) is 0 Å². The van der Waals surface area contributed by atoms with E-state index in [1.165, 1.54) is 31.2 Å². The molecule has 0 unspecified atom stereocenters. The van der Waals surface area contributed by atoms with E-state index in [1.807, 2.05) is 6.79 Å². The van der Waals surface area contributed by atoms with E-state index in [0.29, 0.717) is 0 Å². The summed E-state index contributed by atoms with van der Waals surface area (Å²) in [4.78, 5) is 8.00. The fraction of sp³-hybridized carbons (Fsp3) is 0.417. The number of hydrogen-bond donors (Lipinski definition) is 0. The molecule has 1 aromatic carbocycles. The van der Waals surface area contributed by atoms with Crippen molar-refractivity contribution in [3.63, 3.8) is 0 Å². The normalized spacial score (nSPS) is 13.9. The van der Waals surface area contributed by atoms with Crippen LogP contribution < -0.4 is 0 Å².